The molecule has 0 aromatic carbocycles. The zero-order valence-electron chi connectivity index (χ0n) is 10.5. The first-order valence-electron chi connectivity index (χ1n) is 6.15. The van der Waals surface area contributed by atoms with Crippen LogP contribution in [0.5, 0.6) is 5.88 Å². The van der Waals surface area contributed by atoms with E-state index in [4.69, 9.17) is 4.74 Å². The summed E-state index contributed by atoms with van der Waals surface area (Å²) in [7, 11) is 1.62. The third kappa shape index (κ3) is 3.56. The summed E-state index contributed by atoms with van der Waals surface area (Å²) in [5.74, 6) is 2.18. The second-order valence-electron chi connectivity index (χ2n) is 4.35. The van der Waals surface area contributed by atoms with Gasteiger partial charge in [-0.05, 0) is 32.7 Å². The number of ether oxygens (including phenoxy) is 1. The summed E-state index contributed by atoms with van der Waals surface area (Å²) < 4.78 is 5.11. The van der Waals surface area contributed by atoms with E-state index in [1.807, 2.05) is 13.0 Å². The first kappa shape index (κ1) is 12.1. The molecule has 1 aromatic rings. The summed E-state index contributed by atoms with van der Waals surface area (Å²) >= 11 is 0. The highest BCUT2D eigenvalue weighted by atomic mass is 16.5. The summed E-state index contributed by atoms with van der Waals surface area (Å²) in [6.07, 6.45) is 3.71. The topological polar surface area (TPSA) is 59.1 Å². The molecule has 0 spiro atoms. The maximum absolute atomic E-state index is 5.11. The molecular weight excluding hydrogens is 216 g/mol. The lowest BCUT2D eigenvalue weighted by atomic mass is 10.1. The van der Waals surface area contributed by atoms with Crippen LogP contribution in [-0.4, -0.2) is 36.2 Å². The lowest BCUT2D eigenvalue weighted by molar-refractivity contribution is 0.396. The van der Waals surface area contributed by atoms with E-state index in [1.165, 1.54) is 12.8 Å². The van der Waals surface area contributed by atoms with Crippen LogP contribution >= 0.6 is 0 Å². The van der Waals surface area contributed by atoms with Gasteiger partial charge >= 0.3 is 0 Å². The van der Waals surface area contributed by atoms with Crippen molar-refractivity contribution in [1.82, 2.24) is 15.3 Å². The predicted molar refractivity (Wildman–Crippen MR) is 67.5 cm³/mol. The van der Waals surface area contributed by atoms with Crippen LogP contribution in [0.1, 0.15) is 25.1 Å². The molecule has 5 heteroatoms. The third-order valence-corrected chi connectivity index (χ3v) is 2.98. The largest absolute Gasteiger partial charge is 0.481 e. The van der Waals surface area contributed by atoms with E-state index < -0.39 is 0 Å². The second kappa shape index (κ2) is 5.82. The fraction of sp³-hybridized carbons (Fsp3) is 0.667. The Morgan fingerprint density at radius 3 is 3.12 bits per heavy atom. The van der Waals surface area contributed by atoms with Crippen LogP contribution in [0.25, 0.3) is 0 Å². The Morgan fingerprint density at radius 1 is 1.53 bits per heavy atom. The molecule has 0 aliphatic carbocycles. The van der Waals surface area contributed by atoms with E-state index in [0.29, 0.717) is 11.9 Å². The van der Waals surface area contributed by atoms with Crippen molar-refractivity contribution in [3.63, 3.8) is 0 Å². The number of rotatable bonds is 5. The Bertz CT molecular complexity index is 364. The number of aryl methyl sites for hydroxylation is 1. The molecule has 1 fully saturated rings. The van der Waals surface area contributed by atoms with E-state index in [1.54, 1.807) is 7.11 Å². The van der Waals surface area contributed by atoms with Crippen LogP contribution in [0.2, 0.25) is 0 Å². The molecule has 0 amide bonds. The molecule has 0 unspecified atom stereocenters. The van der Waals surface area contributed by atoms with Gasteiger partial charge in [-0.1, -0.05) is 0 Å². The Hall–Kier alpha value is -1.36. The van der Waals surface area contributed by atoms with Crippen molar-refractivity contribution in [3.05, 3.63) is 11.9 Å². The lowest BCUT2D eigenvalue weighted by Gasteiger charge is -2.11. The minimum absolute atomic E-state index is 0.610. The van der Waals surface area contributed by atoms with Gasteiger partial charge in [-0.15, -0.1) is 0 Å². The Labute approximate surface area is 102 Å². The molecule has 1 aliphatic rings. The number of methoxy groups -OCH3 is 1. The highest BCUT2D eigenvalue weighted by Crippen LogP contribution is 2.13. The molecule has 0 bridgehead atoms. The van der Waals surface area contributed by atoms with Crippen molar-refractivity contribution in [1.29, 1.82) is 0 Å². The number of hydrogen-bond acceptors (Lipinski definition) is 5. The molecule has 1 aromatic heterocycles. The van der Waals surface area contributed by atoms with E-state index in [-0.39, 0.29) is 0 Å². The second-order valence-corrected chi connectivity index (χ2v) is 4.35. The highest BCUT2D eigenvalue weighted by molar-refractivity contribution is 5.38. The number of nitrogens with zero attached hydrogens (tertiary/aromatic N) is 2. The third-order valence-electron chi connectivity index (χ3n) is 2.98. The van der Waals surface area contributed by atoms with Crippen LogP contribution in [-0.2, 0) is 0 Å². The van der Waals surface area contributed by atoms with E-state index in [0.717, 1.165) is 31.2 Å². The normalized spacial score (nSPS) is 19.3. The van der Waals surface area contributed by atoms with Gasteiger partial charge in [0.1, 0.15) is 11.6 Å². The fourth-order valence-electron chi connectivity index (χ4n) is 2.11. The van der Waals surface area contributed by atoms with Gasteiger partial charge in [-0.2, -0.15) is 4.98 Å². The minimum atomic E-state index is 0.610. The number of hydrogen-bond donors (Lipinski definition) is 2. The van der Waals surface area contributed by atoms with Crippen molar-refractivity contribution in [2.45, 2.75) is 32.2 Å². The van der Waals surface area contributed by atoms with Gasteiger partial charge < -0.3 is 15.4 Å². The standard InChI is InChI=1S/C12H20N4O/c1-9-15-11(8-12(16-9)17-2)14-7-5-10-4-3-6-13-10/h8,10,13H,3-7H2,1-2H3,(H,14,15,16)/t10-/m1/s1. The lowest BCUT2D eigenvalue weighted by Crippen LogP contribution is -2.24. The van der Waals surface area contributed by atoms with Crippen LogP contribution < -0.4 is 15.4 Å². The molecular formula is C12H20N4O. The molecule has 1 atom stereocenters. The molecule has 2 rings (SSSR count). The Kier molecular flexibility index (Phi) is 4.14. The first-order valence-corrected chi connectivity index (χ1v) is 6.15. The summed E-state index contributed by atoms with van der Waals surface area (Å²) in [6.45, 7) is 3.95. The SMILES string of the molecule is COc1cc(NCC[C@H]2CCCN2)nc(C)n1. The molecule has 2 heterocycles. The van der Waals surface area contributed by atoms with Crippen LogP contribution in [0, 0.1) is 6.92 Å². The summed E-state index contributed by atoms with van der Waals surface area (Å²) in [4.78, 5) is 8.48. The quantitative estimate of drug-likeness (QED) is 0.808. The van der Waals surface area contributed by atoms with E-state index in [2.05, 4.69) is 20.6 Å². The molecule has 1 saturated heterocycles. The van der Waals surface area contributed by atoms with Gasteiger partial charge in [0.25, 0.3) is 0 Å². The number of aromatic nitrogens is 2. The molecule has 2 N–H and O–H groups in total. The van der Waals surface area contributed by atoms with Gasteiger partial charge in [0.2, 0.25) is 5.88 Å². The average molecular weight is 236 g/mol. The maximum atomic E-state index is 5.11. The number of nitrogens with one attached hydrogen (secondary N) is 2. The monoisotopic (exact) mass is 236 g/mol. The van der Waals surface area contributed by atoms with Gasteiger partial charge in [0, 0.05) is 18.7 Å². The maximum Gasteiger partial charge on any atom is 0.218 e. The van der Waals surface area contributed by atoms with Crippen LogP contribution in [0.4, 0.5) is 5.82 Å². The molecule has 17 heavy (non-hydrogen) atoms. The molecule has 1 aliphatic heterocycles. The van der Waals surface area contributed by atoms with Crippen LogP contribution in [0.15, 0.2) is 6.07 Å². The highest BCUT2D eigenvalue weighted by Gasteiger charge is 2.13. The van der Waals surface area contributed by atoms with Crippen molar-refractivity contribution in [2.24, 2.45) is 0 Å². The zero-order valence-corrected chi connectivity index (χ0v) is 10.5. The predicted octanol–water partition coefficient (Wildman–Crippen LogP) is 1.35. The smallest absolute Gasteiger partial charge is 0.218 e. The van der Waals surface area contributed by atoms with Crippen molar-refractivity contribution < 1.29 is 4.74 Å². The Balaban J connectivity index is 1.83. The minimum Gasteiger partial charge on any atom is -0.481 e. The molecule has 5 nitrogen and oxygen atoms in total. The average Bonchev–Trinajstić information content (AvgIpc) is 2.81. The Morgan fingerprint density at radius 2 is 2.41 bits per heavy atom. The van der Waals surface area contributed by atoms with Crippen molar-refractivity contribution in [3.8, 4) is 5.88 Å². The summed E-state index contributed by atoms with van der Waals surface area (Å²) in [5, 5.41) is 6.80. The fourth-order valence-corrected chi connectivity index (χ4v) is 2.11. The van der Waals surface area contributed by atoms with Gasteiger partial charge in [0.15, 0.2) is 0 Å². The van der Waals surface area contributed by atoms with E-state index >= 15 is 0 Å². The van der Waals surface area contributed by atoms with Gasteiger partial charge in [-0.3, -0.25) is 0 Å². The van der Waals surface area contributed by atoms with Gasteiger partial charge in [0.05, 0.1) is 7.11 Å². The zero-order chi connectivity index (χ0) is 12.1. The summed E-state index contributed by atoms with van der Waals surface area (Å²) in [5.41, 5.74) is 0. The van der Waals surface area contributed by atoms with Crippen molar-refractivity contribution >= 4 is 5.82 Å². The first-order chi connectivity index (χ1) is 8.28. The van der Waals surface area contributed by atoms with Crippen LogP contribution in [0.3, 0.4) is 0 Å². The molecule has 0 radical (unpaired) electrons. The number of anilines is 1. The molecule has 0 saturated carbocycles. The van der Waals surface area contributed by atoms with Crippen molar-refractivity contribution in [2.75, 3.05) is 25.5 Å². The summed E-state index contributed by atoms with van der Waals surface area (Å²) in [6, 6.07) is 2.49. The van der Waals surface area contributed by atoms with Gasteiger partial charge in [-0.25, -0.2) is 4.98 Å². The van der Waals surface area contributed by atoms with E-state index in [9.17, 15) is 0 Å². The molecule has 94 valence electrons.